The number of methoxy groups -OCH3 is 3. The Bertz CT molecular complexity index is 916. The Kier molecular flexibility index (Phi) is 4.17. The molecular formula is C16H16N2O6S. The van der Waals surface area contributed by atoms with Gasteiger partial charge in [-0.3, -0.25) is 0 Å². The van der Waals surface area contributed by atoms with Crippen molar-refractivity contribution in [3.05, 3.63) is 36.4 Å². The molecule has 0 spiro atoms. The van der Waals surface area contributed by atoms with Crippen LogP contribution < -0.4 is 23.8 Å². The van der Waals surface area contributed by atoms with E-state index in [-0.39, 0.29) is 27.8 Å². The minimum absolute atomic E-state index is 0.00310. The van der Waals surface area contributed by atoms with Crippen molar-refractivity contribution in [3.8, 4) is 17.2 Å². The summed E-state index contributed by atoms with van der Waals surface area (Å²) in [5.41, 5.74) is 0.303. The van der Waals surface area contributed by atoms with Gasteiger partial charge in [-0.15, -0.1) is 0 Å². The molecule has 0 fully saturated rings. The molecule has 0 atom stereocenters. The van der Waals surface area contributed by atoms with Gasteiger partial charge in [-0.25, -0.2) is 13.2 Å². The van der Waals surface area contributed by atoms with E-state index in [4.69, 9.17) is 14.2 Å². The van der Waals surface area contributed by atoms with Gasteiger partial charge in [0, 0.05) is 12.1 Å². The zero-order chi connectivity index (χ0) is 18.2. The highest BCUT2D eigenvalue weighted by Gasteiger charge is 2.38. The Labute approximate surface area is 145 Å². The van der Waals surface area contributed by atoms with Crippen LogP contribution >= 0.6 is 0 Å². The van der Waals surface area contributed by atoms with Crippen LogP contribution in [-0.4, -0.2) is 35.8 Å². The van der Waals surface area contributed by atoms with Crippen LogP contribution in [0, 0.1) is 0 Å². The summed E-state index contributed by atoms with van der Waals surface area (Å²) in [6, 6.07) is 8.17. The summed E-state index contributed by atoms with van der Waals surface area (Å²) in [5.74, 6) is 0.765. The molecule has 0 unspecified atom stereocenters. The SMILES string of the molecule is COc1cc(N2C(=O)Nc3ccccc3S2(=O)=O)cc(OC)c1OC. The quantitative estimate of drug-likeness (QED) is 0.896. The van der Waals surface area contributed by atoms with E-state index in [2.05, 4.69) is 5.32 Å². The largest absolute Gasteiger partial charge is 0.493 e. The zero-order valence-electron chi connectivity index (χ0n) is 13.8. The second-order valence-electron chi connectivity index (χ2n) is 5.08. The normalized spacial score (nSPS) is 15.2. The molecule has 0 aliphatic carbocycles. The van der Waals surface area contributed by atoms with Crippen LogP contribution in [0.5, 0.6) is 17.2 Å². The minimum Gasteiger partial charge on any atom is -0.493 e. The summed E-state index contributed by atoms with van der Waals surface area (Å²) in [4.78, 5) is 12.5. The van der Waals surface area contributed by atoms with E-state index in [0.717, 1.165) is 0 Å². The minimum atomic E-state index is -4.09. The van der Waals surface area contributed by atoms with Crippen LogP contribution in [0.1, 0.15) is 0 Å². The number of ether oxygens (including phenoxy) is 3. The fourth-order valence-corrected chi connectivity index (χ4v) is 4.10. The Balaban J connectivity index is 2.21. The molecule has 25 heavy (non-hydrogen) atoms. The number of nitrogens with one attached hydrogen (secondary N) is 1. The van der Waals surface area contributed by atoms with Gasteiger partial charge in [0.25, 0.3) is 10.0 Å². The summed E-state index contributed by atoms with van der Waals surface area (Å²) in [6.45, 7) is 0. The molecule has 1 aliphatic rings. The number of nitrogens with zero attached hydrogens (tertiary/aromatic N) is 1. The molecule has 132 valence electrons. The third-order valence-electron chi connectivity index (χ3n) is 3.72. The fraction of sp³-hybridized carbons (Fsp3) is 0.188. The summed E-state index contributed by atoms with van der Waals surface area (Å²) in [5, 5.41) is 2.56. The number of fused-ring (bicyclic) bond motifs is 1. The van der Waals surface area contributed by atoms with Gasteiger partial charge in [0.2, 0.25) is 5.75 Å². The van der Waals surface area contributed by atoms with Crippen LogP contribution in [0.25, 0.3) is 0 Å². The van der Waals surface area contributed by atoms with Crippen LogP contribution in [0.2, 0.25) is 0 Å². The van der Waals surface area contributed by atoms with Gasteiger partial charge in [0.1, 0.15) is 4.90 Å². The molecule has 2 amide bonds. The van der Waals surface area contributed by atoms with Crippen molar-refractivity contribution in [2.75, 3.05) is 31.0 Å². The maximum Gasteiger partial charge on any atom is 0.340 e. The molecular weight excluding hydrogens is 348 g/mol. The Morgan fingerprint density at radius 1 is 0.960 bits per heavy atom. The first-order valence-electron chi connectivity index (χ1n) is 7.19. The third-order valence-corrected chi connectivity index (χ3v) is 5.48. The topological polar surface area (TPSA) is 94.2 Å². The standard InChI is InChI=1S/C16H16N2O6S/c1-22-12-8-10(9-13(23-2)15(12)24-3)18-16(19)17-11-6-4-5-7-14(11)25(18,20)21/h4-9H,1-3H3,(H,17,19). The highest BCUT2D eigenvalue weighted by atomic mass is 32.2. The first kappa shape index (κ1) is 16.9. The van der Waals surface area contributed by atoms with Crippen LogP contribution in [0.15, 0.2) is 41.3 Å². The van der Waals surface area contributed by atoms with E-state index in [1.54, 1.807) is 12.1 Å². The number of sulfonamides is 1. The molecule has 0 bridgehead atoms. The number of benzene rings is 2. The maximum atomic E-state index is 12.9. The van der Waals surface area contributed by atoms with Crippen molar-refractivity contribution < 1.29 is 27.4 Å². The number of rotatable bonds is 4. The number of urea groups is 1. The number of hydrogen-bond donors (Lipinski definition) is 1. The summed E-state index contributed by atoms with van der Waals surface area (Å²) >= 11 is 0. The molecule has 0 saturated heterocycles. The van der Waals surface area contributed by atoms with E-state index in [1.165, 1.54) is 45.6 Å². The molecule has 3 rings (SSSR count). The maximum absolute atomic E-state index is 12.9. The van der Waals surface area contributed by atoms with Crippen molar-refractivity contribution in [3.63, 3.8) is 0 Å². The Hall–Kier alpha value is -2.94. The van der Waals surface area contributed by atoms with Crippen molar-refractivity contribution in [1.82, 2.24) is 0 Å². The summed E-state index contributed by atoms with van der Waals surface area (Å²) in [6.07, 6.45) is 0. The number of hydrogen-bond acceptors (Lipinski definition) is 6. The molecule has 9 heteroatoms. The number of carbonyl (C=O) groups excluding carboxylic acids is 1. The predicted molar refractivity (Wildman–Crippen MR) is 91.2 cm³/mol. The van der Waals surface area contributed by atoms with Gasteiger partial charge in [-0.1, -0.05) is 12.1 Å². The fourth-order valence-electron chi connectivity index (χ4n) is 2.61. The number of anilines is 2. The van der Waals surface area contributed by atoms with Gasteiger partial charge in [0.05, 0.1) is 32.7 Å². The highest BCUT2D eigenvalue weighted by Crippen LogP contribution is 2.43. The molecule has 0 aromatic heterocycles. The van der Waals surface area contributed by atoms with E-state index >= 15 is 0 Å². The molecule has 2 aromatic carbocycles. The molecule has 1 aliphatic heterocycles. The number of amides is 2. The summed E-state index contributed by atoms with van der Waals surface area (Å²) in [7, 11) is 0.154. The average molecular weight is 364 g/mol. The Morgan fingerprint density at radius 2 is 1.56 bits per heavy atom. The van der Waals surface area contributed by atoms with Gasteiger partial charge >= 0.3 is 6.03 Å². The van der Waals surface area contributed by atoms with Crippen LogP contribution in [0.4, 0.5) is 16.2 Å². The first-order chi connectivity index (χ1) is 11.9. The van der Waals surface area contributed by atoms with Gasteiger partial charge in [-0.05, 0) is 12.1 Å². The van der Waals surface area contributed by atoms with Gasteiger partial charge < -0.3 is 19.5 Å². The second-order valence-corrected chi connectivity index (χ2v) is 6.83. The monoisotopic (exact) mass is 364 g/mol. The van der Waals surface area contributed by atoms with Gasteiger partial charge in [-0.2, -0.15) is 4.31 Å². The molecule has 1 N–H and O–H groups in total. The number of para-hydroxylation sites is 1. The highest BCUT2D eigenvalue weighted by molar-refractivity contribution is 7.94. The molecule has 1 heterocycles. The third kappa shape index (κ3) is 2.62. The average Bonchev–Trinajstić information content (AvgIpc) is 2.60. The molecule has 0 saturated carbocycles. The van der Waals surface area contributed by atoms with Crippen molar-refractivity contribution in [1.29, 1.82) is 0 Å². The molecule has 0 radical (unpaired) electrons. The summed E-state index contributed by atoms with van der Waals surface area (Å²) < 4.78 is 42.2. The van der Waals surface area contributed by atoms with Crippen molar-refractivity contribution in [2.45, 2.75) is 4.90 Å². The zero-order valence-corrected chi connectivity index (χ0v) is 14.6. The molecule has 8 nitrogen and oxygen atoms in total. The Morgan fingerprint density at radius 3 is 2.12 bits per heavy atom. The second kappa shape index (κ2) is 6.17. The van der Waals surface area contributed by atoms with Crippen molar-refractivity contribution >= 4 is 27.4 Å². The lowest BCUT2D eigenvalue weighted by atomic mass is 10.2. The lowest BCUT2D eigenvalue weighted by molar-refractivity contribution is 0.259. The first-order valence-corrected chi connectivity index (χ1v) is 8.63. The van der Waals surface area contributed by atoms with E-state index < -0.39 is 16.1 Å². The van der Waals surface area contributed by atoms with Gasteiger partial charge in [0.15, 0.2) is 11.5 Å². The lowest BCUT2D eigenvalue weighted by Gasteiger charge is -2.29. The van der Waals surface area contributed by atoms with Crippen LogP contribution in [0.3, 0.4) is 0 Å². The van der Waals surface area contributed by atoms with E-state index in [1.807, 2.05) is 0 Å². The predicted octanol–water partition coefficient (Wildman–Crippen LogP) is 2.45. The smallest absolute Gasteiger partial charge is 0.340 e. The number of carbonyl (C=O) groups is 1. The molecule has 2 aromatic rings. The van der Waals surface area contributed by atoms with E-state index in [9.17, 15) is 13.2 Å². The van der Waals surface area contributed by atoms with E-state index in [0.29, 0.717) is 10.1 Å². The lowest BCUT2D eigenvalue weighted by Crippen LogP contribution is -2.44. The van der Waals surface area contributed by atoms with Crippen molar-refractivity contribution in [2.24, 2.45) is 0 Å². The van der Waals surface area contributed by atoms with Crippen LogP contribution in [-0.2, 0) is 10.0 Å².